The number of ether oxygens (including phenoxy) is 1. The molecule has 0 saturated heterocycles. The van der Waals surface area contributed by atoms with Crippen LogP contribution in [-0.4, -0.2) is 30.7 Å². The van der Waals surface area contributed by atoms with Crippen LogP contribution in [0.5, 0.6) is 5.75 Å². The van der Waals surface area contributed by atoms with Crippen LogP contribution in [0.1, 0.15) is 0 Å². The highest BCUT2D eigenvalue weighted by Gasteiger charge is 1.97. The highest BCUT2D eigenvalue weighted by atomic mass is 35.5. The van der Waals surface area contributed by atoms with E-state index in [9.17, 15) is 0 Å². The molecule has 0 unspecified atom stereocenters. The molecule has 0 heterocycles. The Bertz CT molecular complexity index is 418. The van der Waals surface area contributed by atoms with E-state index in [1.807, 2.05) is 18.2 Å². The maximum Gasteiger partial charge on any atom is 0.394 e. The second kappa shape index (κ2) is 8.23. The maximum atomic E-state index is 8.74. The normalized spacial score (nSPS) is 10.4. The van der Waals surface area contributed by atoms with Crippen LogP contribution < -0.4 is 16.0 Å². The van der Waals surface area contributed by atoms with Crippen LogP contribution in [0.15, 0.2) is 24.3 Å². The number of benzene rings is 1. The molecule has 1 rings (SSSR count). The number of para-hydroxylation sites is 1. The van der Waals surface area contributed by atoms with Crippen molar-refractivity contribution < 1.29 is 22.3 Å². The summed E-state index contributed by atoms with van der Waals surface area (Å²) < 4.78 is 36.9. The number of rotatable bonds is 4. The van der Waals surface area contributed by atoms with Crippen molar-refractivity contribution in [1.29, 1.82) is 0 Å². The van der Waals surface area contributed by atoms with Gasteiger partial charge in [0.1, 0.15) is 12.4 Å². The lowest BCUT2D eigenvalue weighted by molar-refractivity contribution is 0.315. The smallest absolute Gasteiger partial charge is 0.394 e. The molecule has 0 aliphatic carbocycles. The first-order valence-electron chi connectivity index (χ1n) is 4.35. The molecular formula is C8H13ClN2O5S. The van der Waals surface area contributed by atoms with E-state index in [1.54, 1.807) is 6.07 Å². The van der Waals surface area contributed by atoms with Gasteiger partial charge in [0, 0.05) is 6.54 Å². The van der Waals surface area contributed by atoms with Crippen LogP contribution in [0.2, 0.25) is 5.02 Å². The monoisotopic (exact) mass is 284 g/mol. The standard InChI is InChI=1S/C8H11ClN2O.H2O4S/c9-7-3-1-2-4-8(7)12-6-5-11-10;1-5(2,3)4/h1-4,11H,5-6,10H2;(H2,1,2,3,4). The van der Waals surface area contributed by atoms with Crippen LogP contribution in [0.4, 0.5) is 0 Å². The summed E-state index contributed by atoms with van der Waals surface area (Å²) >= 11 is 5.83. The van der Waals surface area contributed by atoms with Crippen LogP contribution >= 0.6 is 11.6 Å². The van der Waals surface area contributed by atoms with Gasteiger partial charge in [0.2, 0.25) is 0 Å². The fraction of sp³-hybridized carbons (Fsp3) is 0.250. The van der Waals surface area contributed by atoms with Gasteiger partial charge in [0.15, 0.2) is 0 Å². The molecular weight excluding hydrogens is 272 g/mol. The Balaban J connectivity index is 0.000000437. The molecule has 0 atom stereocenters. The molecule has 7 nitrogen and oxygen atoms in total. The zero-order chi connectivity index (χ0) is 13.3. The van der Waals surface area contributed by atoms with Gasteiger partial charge in [-0.2, -0.15) is 8.42 Å². The van der Waals surface area contributed by atoms with Gasteiger partial charge in [-0.3, -0.25) is 20.4 Å². The van der Waals surface area contributed by atoms with Crippen molar-refractivity contribution >= 4 is 22.0 Å². The molecule has 1 aromatic carbocycles. The Morgan fingerprint density at radius 3 is 2.35 bits per heavy atom. The van der Waals surface area contributed by atoms with Gasteiger partial charge in [-0.25, -0.2) is 0 Å². The average molecular weight is 285 g/mol. The molecule has 0 aromatic heterocycles. The molecule has 0 fully saturated rings. The first-order chi connectivity index (χ1) is 7.84. The van der Waals surface area contributed by atoms with Crippen LogP contribution in [-0.2, 0) is 10.4 Å². The molecule has 0 saturated carbocycles. The third kappa shape index (κ3) is 11.4. The number of hydrogen-bond donors (Lipinski definition) is 4. The topological polar surface area (TPSA) is 122 Å². The quantitative estimate of drug-likeness (QED) is 0.275. The highest BCUT2D eigenvalue weighted by molar-refractivity contribution is 7.79. The summed E-state index contributed by atoms with van der Waals surface area (Å²) in [6, 6.07) is 7.33. The van der Waals surface area contributed by atoms with Gasteiger partial charge in [-0.15, -0.1) is 0 Å². The van der Waals surface area contributed by atoms with E-state index < -0.39 is 10.4 Å². The van der Waals surface area contributed by atoms with Gasteiger partial charge in [0.05, 0.1) is 5.02 Å². The molecule has 0 amide bonds. The highest BCUT2D eigenvalue weighted by Crippen LogP contribution is 2.22. The Hall–Kier alpha value is -0.900. The van der Waals surface area contributed by atoms with Crippen molar-refractivity contribution in [2.75, 3.05) is 13.2 Å². The minimum Gasteiger partial charge on any atom is -0.491 e. The number of hydrogen-bond acceptors (Lipinski definition) is 5. The van der Waals surface area contributed by atoms with Crippen LogP contribution in [0, 0.1) is 0 Å². The van der Waals surface area contributed by atoms with Crippen molar-refractivity contribution in [3.8, 4) is 5.75 Å². The molecule has 0 spiro atoms. The van der Waals surface area contributed by atoms with Gasteiger partial charge in [-0.05, 0) is 12.1 Å². The molecule has 0 radical (unpaired) electrons. The van der Waals surface area contributed by atoms with Crippen molar-refractivity contribution in [3.05, 3.63) is 29.3 Å². The molecule has 5 N–H and O–H groups in total. The predicted molar refractivity (Wildman–Crippen MR) is 63.3 cm³/mol. The number of hydrazine groups is 1. The SMILES string of the molecule is NNCCOc1ccccc1Cl.O=S(=O)(O)O. The zero-order valence-corrected chi connectivity index (χ0v) is 10.3. The van der Waals surface area contributed by atoms with Crippen molar-refractivity contribution in [2.24, 2.45) is 5.84 Å². The number of nitrogens with two attached hydrogens (primary N) is 1. The summed E-state index contributed by atoms with van der Waals surface area (Å²) in [6.07, 6.45) is 0. The van der Waals surface area contributed by atoms with E-state index in [-0.39, 0.29) is 0 Å². The Morgan fingerprint density at radius 1 is 1.35 bits per heavy atom. The number of halogens is 1. The summed E-state index contributed by atoms with van der Waals surface area (Å²) in [6.45, 7) is 1.12. The van der Waals surface area contributed by atoms with Gasteiger partial charge < -0.3 is 4.74 Å². The van der Waals surface area contributed by atoms with Crippen LogP contribution in [0.3, 0.4) is 0 Å². The lowest BCUT2D eigenvalue weighted by Crippen LogP contribution is -2.27. The first-order valence-corrected chi connectivity index (χ1v) is 6.12. The van der Waals surface area contributed by atoms with Crippen LogP contribution in [0.25, 0.3) is 0 Å². The third-order valence-electron chi connectivity index (χ3n) is 1.34. The summed E-state index contributed by atoms with van der Waals surface area (Å²) in [5.74, 6) is 5.76. The predicted octanol–water partition coefficient (Wildman–Crippen LogP) is 0.529. The second-order valence-electron chi connectivity index (χ2n) is 2.68. The van der Waals surface area contributed by atoms with E-state index in [0.29, 0.717) is 23.9 Å². The van der Waals surface area contributed by atoms with E-state index in [2.05, 4.69) is 5.43 Å². The van der Waals surface area contributed by atoms with E-state index >= 15 is 0 Å². The second-order valence-corrected chi connectivity index (χ2v) is 3.98. The Morgan fingerprint density at radius 2 is 1.88 bits per heavy atom. The van der Waals surface area contributed by atoms with Gasteiger partial charge >= 0.3 is 10.4 Å². The average Bonchev–Trinajstić information content (AvgIpc) is 2.19. The molecule has 98 valence electrons. The molecule has 1 aromatic rings. The van der Waals surface area contributed by atoms with Gasteiger partial charge in [0.25, 0.3) is 0 Å². The summed E-state index contributed by atoms with van der Waals surface area (Å²) in [4.78, 5) is 0. The minimum absolute atomic E-state index is 0.514. The minimum atomic E-state index is -4.67. The van der Waals surface area contributed by atoms with Crippen molar-refractivity contribution in [2.45, 2.75) is 0 Å². The van der Waals surface area contributed by atoms with E-state index in [1.165, 1.54) is 0 Å². The fourth-order valence-electron chi connectivity index (χ4n) is 0.782. The summed E-state index contributed by atoms with van der Waals surface area (Å²) in [5, 5.41) is 0.620. The first kappa shape index (κ1) is 16.1. The lowest BCUT2D eigenvalue weighted by Gasteiger charge is -2.06. The van der Waals surface area contributed by atoms with Crippen molar-refractivity contribution in [3.63, 3.8) is 0 Å². The van der Waals surface area contributed by atoms with Gasteiger partial charge in [-0.1, -0.05) is 23.7 Å². The molecule has 0 bridgehead atoms. The molecule has 9 heteroatoms. The maximum absolute atomic E-state index is 8.74. The van der Waals surface area contributed by atoms with E-state index in [0.717, 1.165) is 0 Å². The number of nitrogens with one attached hydrogen (secondary N) is 1. The fourth-order valence-corrected chi connectivity index (χ4v) is 0.972. The Labute approximate surface area is 104 Å². The summed E-state index contributed by atoms with van der Waals surface area (Å²) in [5.41, 5.74) is 2.49. The van der Waals surface area contributed by atoms with E-state index in [4.69, 9.17) is 39.7 Å². The Kier molecular flexibility index (Phi) is 7.79. The van der Waals surface area contributed by atoms with Crippen molar-refractivity contribution in [1.82, 2.24) is 5.43 Å². The molecule has 0 aliphatic heterocycles. The zero-order valence-electron chi connectivity index (χ0n) is 8.71. The molecule has 17 heavy (non-hydrogen) atoms. The largest absolute Gasteiger partial charge is 0.491 e. The summed E-state index contributed by atoms with van der Waals surface area (Å²) in [7, 11) is -4.67. The molecule has 0 aliphatic rings. The lowest BCUT2D eigenvalue weighted by atomic mass is 10.3. The third-order valence-corrected chi connectivity index (χ3v) is 1.65.